The van der Waals surface area contributed by atoms with E-state index in [1.165, 1.54) is 22.4 Å². The standard InChI is InChI=1S/C40H36N2O6/c1-22-5-13-26(14-6-22)47-27-15-7-23(8-16-27)40(2,3)24-9-17-28(18-10-24)48-29-19-11-25(12-20-29)42-38(45)34-30-21-31(35(34)39(42)46)33-32(30)36(43)41(4)37(33)44/h5-20,30-35H,21H2,1-4H3. The molecule has 2 aliphatic carbocycles. The van der Waals surface area contributed by atoms with Crippen LogP contribution in [-0.4, -0.2) is 35.6 Å². The summed E-state index contributed by atoms with van der Waals surface area (Å²) in [6, 6.07) is 31.0. The Morgan fingerprint density at radius 1 is 0.542 bits per heavy atom. The lowest BCUT2D eigenvalue weighted by Gasteiger charge is -2.27. The first-order chi connectivity index (χ1) is 23.0. The molecule has 2 aliphatic heterocycles. The molecule has 4 aromatic rings. The summed E-state index contributed by atoms with van der Waals surface area (Å²) >= 11 is 0. The maximum atomic E-state index is 13.6. The maximum Gasteiger partial charge on any atom is 0.238 e. The first kappa shape index (κ1) is 30.1. The molecule has 8 heteroatoms. The molecular formula is C40H36N2O6. The molecule has 2 saturated heterocycles. The largest absolute Gasteiger partial charge is 0.457 e. The van der Waals surface area contributed by atoms with Gasteiger partial charge >= 0.3 is 0 Å². The Bertz CT molecular complexity index is 1900. The van der Waals surface area contributed by atoms with Gasteiger partial charge in [-0.2, -0.15) is 0 Å². The highest BCUT2D eigenvalue weighted by Crippen LogP contribution is 2.64. The van der Waals surface area contributed by atoms with Crippen molar-refractivity contribution in [2.45, 2.75) is 32.6 Å². The van der Waals surface area contributed by atoms with Crippen LogP contribution in [0.3, 0.4) is 0 Å². The van der Waals surface area contributed by atoms with Crippen molar-refractivity contribution in [1.29, 1.82) is 0 Å². The van der Waals surface area contributed by atoms with Crippen LogP contribution in [0, 0.1) is 42.4 Å². The lowest BCUT2D eigenvalue weighted by molar-refractivity contribution is -0.139. The molecule has 6 unspecified atom stereocenters. The molecule has 0 aromatic heterocycles. The van der Waals surface area contributed by atoms with Gasteiger partial charge in [0, 0.05) is 12.5 Å². The molecule has 8 rings (SSSR count). The zero-order valence-corrected chi connectivity index (χ0v) is 27.3. The third-order valence-electron chi connectivity index (χ3n) is 11.1. The van der Waals surface area contributed by atoms with Gasteiger partial charge in [-0.1, -0.05) is 55.8 Å². The average Bonchev–Trinajstić information content (AvgIpc) is 3.79. The van der Waals surface area contributed by atoms with E-state index in [0.717, 1.165) is 22.6 Å². The lowest BCUT2D eigenvalue weighted by atomic mass is 9.70. The number of hydrogen-bond acceptors (Lipinski definition) is 6. The summed E-state index contributed by atoms with van der Waals surface area (Å²) in [5, 5.41) is 0. The minimum absolute atomic E-state index is 0.217. The van der Waals surface area contributed by atoms with Crippen LogP contribution in [0.5, 0.6) is 23.0 Å². The fourth-order valence-electron chi connectivity index (χ4n) is 8.56. The number of nitrogens with zero attached hydrogens (tertiary/aromatic N) is 2. The van der Waals surface area contributed by atoms with E-state index >= 15 is 0 Å². The number of ether oxygens (including phenoxy) is 2. The summed E-state index contributed by atoms with van der Waals surface area (Å²) < 4.78 is 12.1. The molecule has 0 N–H and O–H groups in total. The van der Waals surface area contributed by atoms with Gasteiger partial charge in [0.25, 0.3) is 0 Å². The molecule has 0 radical (unpaired) electrons. The lowest BCUT2D eigenvalue weighted by Crippen LogP contribution is -2.37. The molecule has 8 nitrogen and oxygen atoms in total. The summed E-state index contributed by atoms with van der Waals surface area (Å²) in [7, 11) is 1.50. The van der Waals surface area contributed by atoms with Crippen LogP contribution in [0.1, 0.15) is 37.0 Å². The van der Waals surface area contributed by atoms with Gasteiger partial charge in [-0.05, 0) is 97.0 Å². The summed E-state index contributed by atoms with van der Waals surface area (Å²) in [5.41, 5.74) is 3.68. The summed E-state index contributed by atoms with van der Waals surface area (Å²) in [6.45, 7) is 6.41. The molecule has 2 saturated carbocycles. The van der Waals surface area contributed by atoms with Crippen molar-refractivity contribution in [1.82, 2.24) is 4.90 Å². The molecule has 2 heterocycles. The van der Waals surface area contributed by atoms with Crippen LogP contribution in [-0.2, 0) is 24.6 Å². The van der Waals surface area contributed by atoms with Crippen LogP contribution in [0.25, 0.3) is 0 Å². The second-order valence-electron chi connectivity index (χ2n) is 14.1. The molecule has 0 spiro atoms. The Labute approximate surface area is 279 Å². The first-order valence-corrected chi connectivity index (χ1v) is 16.5. The predicted octanol–water partition coefficient (Wildman–Crippen LogP) is 6.89. The number of aryl methyl sites for hydroxylation is 1. The Hall–Kier alpha value is -5.24. The highest BCUT2D eigenvalue weighted by atomic mass is 16.5. The number of carbonyl (C=O) groups is 4. The van der Waals surface area contributed by atoms with Crippen molar-refractivity contribution in [3.63, 3.8) is 0 Å². The molecule has 242 valence electrons. The van der Waals surface area contributed by atoms with Gasteiger partial charge < -0.3 is 9.47 Å². The normalized spacial score (nSPS) is 25.9. The quantitative estimate of drug-likeness (QED) is 0.204. The van der Waals surface area contributed by atoms with Gasteiger partial charge in [-0.25, -0.2) is 0 Å². The van der Waals surface area contributed by atoms with Crippen molar-refractivity contribution in [3.05, 3.63) is 114 Å². The average molecular weight is 641 g/mol. The minimum Gasteiger partial charge on any atom is -0.457 e. The van der Waals surface area contributed by atoms with Crippen molar-refractivity contribution < 1.29 is 28.7 Å². The van der Waals surface area contributed by atoms with E-state index in [2.05, 4.69) is 38.1 Å². The maximum absolute atomic E-state index is 13.6. The SMILES string of the molecule is Cc1ccc(Oc2ccc(C(C)(C)c3ccc(Oc4ccc(N5C(=O)C6C7CC(C8C(=O)N(C)C(=O)C78)C6C5=O)cc4)cc3)cc2)cc1. The molecule has 4 aromatic carbocycles. The van der Waals surface area contributed by atoms with Crippen LogP contribution < -0.4 is 14.4 Å². The first-order valence-electron chi connectivity index (χ1n) is 16.5. The molecule has 6 atom stereocenters. The minimum atomic E-state index is -0.546. The van der Waals surface area contributed by atoms with Crippen molar-refractivity contribution in [2.24, 2.45) is 35.5 Å². The monoisotopic (exact) mass is 640 g/mol. The van der Waals surface area contributed by atoms with Gasteiger partial charge in [0.1, 0.15) is 23.0 Å². The third kappa shape index (κ3) is 4.57. The van der Waals surface area contributed by atoms with Crippen LogP contribution >= 0.6 is 0 Å². The summed E-state index contributed by atoms with van der Waals surface area (Å²) in [5.74, 6) is -0.743. The third-order valence-corrected chi connectivity index (χ3v) is 11.1. The second kappa shape index (κ2) is 10.9. The van der Waals surface area contributed by atoms with E-state index in [1.807, 2.05) is 55.5 Å². The number of imide groups is 2. The van der Waals surface area contributed by atoms with E-state index in [-0.39, 0.29) is 40.9 Å². The van der Waals surface area contributed by atoms with Crippen LogP contribution in [0.2, 0.25) is 0 Å². The van der Waals surface area contributed by atoms with Gasteiger partial charge in [0.2, 0.25) is 23.6 Å². The Morgan fingerprint density at radius 3 is 1.31 bits per heavy atom. The molecular weight excluding hydrogens is 604 g/mol. The molecule has 4 fully saturated rings. The Morgan fingerprint density at radius 2 is 0.896 bits per heavy atom. The number of rotatable bonds is 7. The number of fused-ring (bicyclic) bond motifs is 8. The molecule has 4 aliphatic rings. The smallest absolute Gasteiger partial charge is 0.238 e. The zero-order chi connectivity index (χ0) is 33.5. The number of anilines is 1. The molecule has 48 heavy (non-hydrogen) atoms. The van der Waals surface area contributed by atoms with Gasteiger partial charge in [-0.3, -0.25) is 29.0 Å². The number of amides is 4. The van der Waals surface area contributed by atoms with Crippen molar-refractivity contribution >= 4 is 29.3 Å². The van der Waals surface area contributed by atoms with Gasteiger partial charge in [0.15, 0.2) is 0 Å². The second-order valence-corrected chi connectivity index (χ2v) is 14.1. The zero-order valence-electron chi connectivity index (χ0n) is 27.3. The molecule has 2 bridgehead atoms. The van der Waals surface area contributed by atoms with Crippen LogP contribution in [0.15, 0.2) is 97.1 Å². The van der Waals surface area contributed by atoms with E-state index in [4.69, 9.17) is 9.47 Å². The van der Waals surface area contributed by atoms with Crippen LogP contribution in [0.4, 0.5) is 5.69 Å². The van der Waals surface area contributed by atoms with E-state index in [9.17, 15) is 19.2 Å². The Kier molecular flexibility index (Phi) is 6.84. The predicted molar refractivity (Wildman–Crippen MR) is 179 cm³/mol. The highest BCUT2D eigenvalue weighted by Gasteiger charge is 2.72. The van der Waals surface area contributed by atoms with Gasteiger partial charge in [-0.15, -0.1) is 0 Å². The van der Waals surface area contributed by atoms with E-state index < -0.39 is 23.7 Å². The highest BCUT2D eigenvalue weighted by molar-refractivity contribution is 6.23. The molecule has 4 amide bonds. The van der Waals surface area contributed by atoms with E-state index in [0.29, 0.717) is 23.6 Å². The topological polar surface area (TPSA) is 93.2 Å². The Balaban J connectivity index is 0.928. The fraction of sp³-hybridized carbons (Fsp3) is 0.300. The van der Waals surface area contributed by atoms with Crippen molar-refractivity contribution in [3.8, 4) is 23.0 Å². The van der Waals surface area contributed by atoms with Gasteiger partial charge in [0.05, 0.1) is 29.4 Å². The summed E-state index contributed by atoms with van der Waals surface area (Å²) in [6.07, 6.45) is 0.583. The number of likely N-dealkylation sites (tertiary alicyclic amines) is 1. The number of carbonyl (C=O) groups excluding carboxylic acids is 4. The number of benzene rings is 4. The summed E-state index contributed by atoms with van der Waals surface area (Å²) in [4.78, 5) is 55.2. The van der Waals surface area contributed by atoms with Crippen molar-refractivity contribution in [2.75, 3.05) is 11.9 Å². The fourth-order valence-corrected chi connectivity index (χ4v) is 8.56. The number of hydrogen-bond donors (Lipinski definition) is 0. The van der Waals surface area contributed by atoms with E-state index in [1.54, 1.807) is 24.3 Å².